The van der Waals surface area contributed by atoms with Crippen LogP contribution in [0.3, 0.4) is 0 Å². The molecule has 0 bridgehead atoms. The van der Waals surface area contributed by atoms with Crippen LogP contribution in [0.5, 0.6) is 0 Å². The van der Waals surface area contributed by atoms with Crippen molar-refractivity contribution in [3.63, 3.8) is 0 Å². The molecule has 1 saturated carbocycles. The van der Waals surface area contributed by atoms with Gasteiger partial charge in [0.2, 0.25) is 11.8 Å². The lowest BCUT2D eigenvalue weighted by atomic mass is 9.57. The molecule has 0 radical (unpaired) electrons. The Morgan fingerprint density at radius 2 is 1.48 bits per heavy atom. The Morgan fingerprint density at radius 1 is 0.909 bits per heavy atom. The second-order valence-electron chi connectivity index (χ2n) is 11.5. The minimum absolute atomic E-state index is 0.0813. The van der Waals surface area contributed by atoms with Crippen LogP contribution < -0.4 is 11.5 Å². The lowest BCUT2D eigenvalue weighted by Crippen LogP contribution is -2.39. The van der Waals surface area contributed by atoms with Gasteiger partial charge in [0.05, 0.1) is 5.69 Å². The van der Waals surface area contributed by atoms with Crippen molar-refractivity contribution in [2.45, 2.75) is 89.4 Å². The smallest absolute Gasteiger partial charge is 0.230 e. The zero-order valence-corrected chi connectivity index (χ0v) is 20.6. The molecular formula is C28H37N3O2. The van der Waals surface area contributed by atoms with Crippen LogP contribution in [0.4, 0.5) is 0 Å². The standard InChI is InChI=1S/C28H37N3O2/c1-17-13-21-22(27(4,5)12-11-26(21,2)3)15-20(17)28(9-6-10-28)23-8-7-18(16-31-23)14-19(24(29)32)25(30)33/h7-8,13,15-16,19H,6,9-12,14H2,1-5H3,(H2,29,32)(H2,30,33). The third kappa shape index (κ3) is 3.96. The number of nitrogens with two attached hydrogens (primary N) is 2. The van der Waals surface area contributed by atoms with Crippen LogP contribution in [0, 0.1) is 12.8 Å². The zero-order chi connectivity index (χ0) is 24.2. The number of carbonyl (C=O) groups excluding carboxylic acids is 2. The second kappa shape index (κ2) is 7.96. The summed E-state index contributed by atoms with van der Waals surface area (Å²) in [6.07, 6.45) is 7.69. The summed E-state index contributed by atoms with van der Waals surface area (Å²) in [5, 5.41) is 0. The molecule has 4 N–H and O–H groups in total. The fourth-order valence-electron chi connectivity index (χ4n) is 5.84. The number of aromatic nitrogens is 1. The van der Waals surface area contributed by atoms with Gasteiger partial charge in [-0.2, -0.15) is 0 Å². The predicted octanol–water partition coefficient (Wildman–Crippen LogP) is 4.34. The molecule has 2 aliphatic carbocycles. The first-order valence-corrected chi connectivity index (χ1v) is 12.1. The van der Waals surface area contributed by atoms with Gasteiger partial charge >= 0.3 is 0 Å². The first-order valence-electron chi connectivity index (χ1n) is 12.1. The van der Waals surface area contributed by atoms with Crippen molar-refractivity contribution in [1.29, 1.82) is 0 Å². The monoisotopic (exact) mass is 447 g/mol. The molecule has 5 heteroatoms. The molecule has 5 nitrogen and oxygen atoms in total. The average molecular weight is 448 g/mol. The highest BCUT2D eigenvalue weighted by atomic mass is 16.2. The maximum Gasteiger partial charge on any atom is 0.230 e. The molecule has 1 fully saturated rings. The maximum absolute atomic E-state index is 11.6. The molecule has 0 saturated heterocycles. The first kappa shape index (κ1) is 23.5. The van der Waals surface area contributed by atoms with E-state index in [2.05, 4.69) is 52.8 Å². The lowest BCUT2D eigenvalue weighted by Gasteiger charge is -2.47. The highest BCUT2D eigenvalue weighted by molar-refractivity contribution is 5.99. The van der Waals surface area contributed by atoms with E-state index in [0.717, 1.165) is 24.1 Å². The van der Waals surface area contributed by atoms with Crippen LogP contribution in [0.2, 0.25) is 0 Å². The molecule has 2 aromatic rings. The average Bonchev–Trinajstić information content (AvgIpc) is 2.70. The summed E-state index contributed by atoms with van der Waals surface area (Å²) >= 11 is 0. The molecule has 0 aliphatic heterocycles. The molecule has 2 aliphatic rings. The molecule has 1 aromatic carbocycles. The van der Waals surface area contributed by atoms with Gasteiger partial charge in [-0.05, 0) is 83.7 Å². The summed E-state index contributed by atoms with van der Waals surface area (Å²) < 4.78 is 0. The van der Waals surface area contributed by atoms with Gasteiger partial charge in [-0.25, -0.2) is 0 Å². The van der Waals surface area contributed by atoms with E-state index < -0.39 is 17.7 Å². The summed E-state index contributed by atoms with van der Waals surface area (Å²) in [7, 11) is 0. The van der Waals surface area contributed by atoms with Gasteiger partial charge in [0.15, 0.2) is 0 Å². The third-order valence-electron chi connectivity index (χ3n) is 8.36. The van der Waals surface area contributed by atoms with Gasteiger partial charge in [-0.1, -0.05) is 52.3 Å². The zero-order valence-electron chi connectivity index (χ0n) is 20.6. The van der Waals surface area contributed by atoms with Crippen LogP contribution in [0.25, 0.3) is 0 Å². The van der Waals surface area contributed by atoms with Crippen LogP contribution in [-0.4, -0.2) is 16.8 Å². The molecule has 2 amide bonds. The maximum atomic E-state index is 11.6. The van der Waals surface area contributed by atoms with E-state index in [1.54, 1.807) is 6.20 Å². The van der Waals surface area contributed by atoms with E-state index in [4.69, 9.17) is 16.5 Å². The number of benzene rings is 1. The van der Waals surface area contributed by atoms with Crippen molar-refractivity contribution in [1.82, 2.24) is 4.98 Å². The summed E-state index contributed by atoms with van der Waals surface area (Å²) in [4.78, 5) is 28.0. The summed E-state index contributed by atoms with van der Waals surface area (Å²) in [5.41, 5.74) is 18.5. The fraction of sp³-hybridized carbons (Fsp3) is 0.536. The molecule has 0 atom stereocenters. The number of carbonyl (C=O) groups is 2. The summed E-state index contributed by atoms with van der Waals surface area (Å²) in [5.74, 6) is -2.40. The number of hydrogen-bond acceptors (Lipinski definition) is 3. The molecule has 0 unspecified atom stereocenters. The van der Waals surface area contributed by atoms with Crippen molar-refractivity contribution in [3.8, 4) is 0 Å². The molecular weight excluding hydrogens is 410 g/mol. The van der Waals surface area contributed by atoms with Gasteiger partial charge in [0.25, 0.3) is 0 Å². The fourth-order valence-corrected chi connectivity index (χ4v) is 5.84. The van der Waals surface area contributed by atoms with Gasteiger partial charge in [-0.15, -0.1) is 0 Å². The van der Waals surface area contributed by atoms with Crippen LogP contribution in [0.1, 0.15) is 93.3 Å². The normalized spacial score (nSPS) is 20.1. The first-order chi connectivity index (χ1) is 15.4. The van der Waals surface area contributed by atoms with Crippen molar-refractivity contribution in [2.75, 3.05) is 0 Å². The van der Waals surface area contributed by atoms with Crippen LogP contribution in [0.15, 0.2) is 30.5 Å². The minimum Gasteiger partial charge on any atom is -0.369 e. The van der Waals surface area contributed by atoms with Crippen molar-refractivity contribution in [3.05, 3.63) is 64.0 Å². The number of rotatable bonds is 6. The van der Waals surface area contributed by atoms with Crippen molar-refractivity contribution in [2.24, 2.45) is 17.4 Å². The molecule has 176 valence electrons. The Bertz CT molecular complexity index is 1080. The number of pyridine rings is 1. The van der Waals surface area contributed by atoms with Crippen LogP contribution >= 0.6 is 0 Å². The molecule has 33 heavy (non-hydrogen) atoms. The van der Waals surface area contributed by atoms with E-state index in [1.807, 2.05) is 6.07 Å². The highest BCUT2D eigenvalue weighted by Crippen LogP contribution is 2.53. The number of fused-ring (bicyclic) bond motifs is 1. The Morgan fingerprint density at radius 3 is 1.94 bits per heavy atom. The number of amides is 2. The van der Waals surface area contributed by atoms with Gasteiger partial charge in [-0.3, -0.25) is 14.6 Å². The lowest BCUT2D eigenvalue weighted by molar-refractivity contribution is -0.131. The summed E-state index contributed by atoms with van der Waals surface area (Å²) in [6, 6.07) is 8.93. The number of nitrogens with zero attached hydrogens (tertiary/aromatic N) is 1. The SMILES string of the molecule is Cc1cc2c(cc1C1(c3ccc(CC(C(N)=O)C(N)=O)cn3)CCC1)C(C)(C)CCC2(C)C. The number of aryl methyl sites for hydroxylation is 1. The highest BCUT2D eigenvalue weighted by Gasteiger charge is 2.45. The number of primary amides is 2. The Kier molecular flexibility index (Phi) is 5.66. The van der Waals surface area contributed by atoms with Gasteiger partial charge < -0.3 is 11.5 Å². The molecule has 1 heterocycles. The molecule has 1 aromatic heterocycles. The van der Waals surface area contributed by atoms with E-state index in [-0.39, 0.29) is 22.7 Å². The second-order valence-corrected chi connectivity index (χ2v) is 11.5. The van der Waals surface area contributed by atoms with E-state index in [9.17, 15) is 9.59 Å². The van der Waals surface area contributed by atoms with Crippen molar-refractivity contribution >= 4 is 11.8 Å². The topological polar surface area (TPSA) is 99.1 Å². The molecule has 0 spiro atoms. The quantitative estimate of drug-likeness (QED) is 0.644. The van der Waals surface area contributed by atoms with E-state index in [1.165, 1.54) is 41.5 Å². The Balaban J connectivity index is 1.73. The van der Waals surface area contributed by atoms with Gasteiger partial charge in [0.1, 0.15) is 5.92 Å². The van der Waals surface area contributed by atoms with E-state index in [0.29, 0.717) is 0 Å². The largest absolute Gasteiger partial charge is 0.369 e. The predicted molar refractivity (Wildman–Crippen MR) is 131 cm³/mol. The molecule has 4 rings (SSSR count). The number of hydrogen-bond donors (Lipinski definition) is 2. The van der Waals surface area contributed by atoms with Gasteiger partial charge in [0, 0.05) is 11.6 Å². The summed E-state index contributed by atoms with van der Waals surface area (Å²) in [6.45, 7) is 11.7. The Hall–Kier alpha value is -2.69. The van der Waals surface area contributed by atoms with Crippen molar-refractivity contribution < 1.29 is 9.59 Å². The minimum atomic E-state index is -1.01. The third-order valence-corrected chi connectivity index (χ3v) is 8.36. The van der Waals surface area contributed by atoms with E-state index >= 15 is 0 Å². The Labute approximate surface area is 197 Å². The van der Waals surface area contributed by atoms with Crippen LogP contribution in [-0.2, 0) is 32.3 Å².